The fourth-order valence-electron chi connectivity index (χ4n) is 1.11. The van der Waals surface area contributed by atoms with Crippen LogP contribution in [-0.4, -0.2) is 0 Å². The van der Waals surface area contributed by atoms with E-state index in [0.29, 0.717) is 0 Å². The van der Waals surface area contributed by atoms with Crippen LogP contribution in [0.25, 0.3) is 0 Å². The minimum atomic E-state index is -0.632. The second-order valence-electron chi connectivity index (χ2n) is 2.82. The van der Waals surface area contributed by atoms with Gasteiger partial charge in [0.05, 0.1) is 24.1 Å². The molecule has 0 saturated carbocycles. The van der Waals surface area contributed by atoms with Crippen LogP contribution in [0.4, 0.5) is 4.39 Å². The van der Waals surface area contributed by atoms with Gasteiger partial charge in [0.2, 0.25) is 0 Å². The molecule has 70 valence electrons. The molecule has 4 heteroatoms. The van der Waals surface area contributed by atoms with Gasteiger partial charge in [0.25, 0.3) is 0 Å². The number of nitriles is 2. The molecule has 0 aliphatic heterocycles. The van der Waals surface area contributed by atoms with Crippen molar-refractivity contribution in [1.82, 2.24) is 0 Å². The molecule has 0 saturated heterocycles. The number of rotatable bonds is 2. The highest BCUT2D eigenvalue weighted by molar-refractivity contribution is 5.34. The summed E-state index contributed by atoms with van der Waals surface area (Å²) in [5, 5.41) is 16.9. The Morgan fingerprint density at radius 1 is 1.43 bits per heavy atom. The predicted octanol–water partition coefficient (Wildman–Crippen LogP) is 1.61. The van der Waals surface area contributed by atoms with Crippen molar-refractivity contribution in [2.24, 2.45) is 5.73 Å². The minimum absolute atomic E-state index is 0.0584. The van der Waals surface area contributed by atoms with Crippen LogP contribution in [0, 0.1) is 28.5 Å². The van der Waals surface area contributed by atoms with Crippen molar-refractivity contribution >= 4 is 0 Å². The molecule has 0 fully saturated rings. The third-order valence-corrected chi connectivity index (χ3v) is 1.84. The first kappa shape index (κ1) is 10.2. The third-order valence-electron chi connectivity index (χ3n) is 1.84. The van der Waals surface area contributed by atoms with Gasteiger partial charge >= 0.3 is 0 Å². The summed E-state index contributed by atoms with van der Waals surface area (Å²) >= 11 is 0. The molecule has 1 rings (SSSR count). The molecule has 1 aromatic carbocycles. The van der Waals surface area contributed by atoms with Crippen molar-refractivity contribution in [2.45, 2.75) is 12.5 Å². The first-order chi connectivity index (χ1) is 6.69. The van der Waals surface area contributed by atoms with Crippen LogP contribution >= 0.6 is 0 Å². The monoisotopic (exact) mass is 189 g/mol. The Kier molecular flexibility index (Phi) is 3.17. The molecule has 0 radical (unpaired) electrons. The number of halogens is 1. The SMILES string of the molecule is N#CCC(N)c1ccc(C#N)cc1F. The Morgan fingerprint density at radius 3 is 2.64 bits per heavy atom. The van der Waals surface area contributed by atoms with Gasteiger partial charge in [-0.1, -0.05) is 6.07 Å². The zero-order chi connectivity index (χ0) is 10.6. The maximum Gasteiger partial charge on any atom is 0.129 e. The molecule has 1 aromatic rings. The predicted molar refractivity (Wildman–Crippen MR) is 48.3 cm³/mol. The molecule has 3 nitrogen and oxygen atoms in total. The number of hydrogen-bond acceptors (Lipinski definition) is 3. The zero-order valence-electron chi connectivity index (χ0n) is 7.37. The summed E-state index contributed by atoms with van der Waals surface area (Å²) < 4.78 is 13.3. The van der Waals surface area contributed by atoms with Crippen LogP contribution < -0.4 is 5.73 Å². The van der Waals surface area contributed by atoms with Crippen molar-refractivity contribution < 1.29 is 4.39 Å². The Labute approximate surface area is 81.2 Å². The van der Waals surface area contributed by atoms with E-state index < -0.39 is 11.9 Å². The molecular weight excluding hydrogens is 181 g/mol. The van der Waals surface area contributed by atoms with E-state index in [9.17, 15) is 4.39 Å². The first-order valence-electron chi connectivity index (χ1n) is 4.01. The summed E-state index contributed by atoms with van der Waals surface area (Å²) in [6.45, 7) is 0. The van der Waals surface area contributed by atoms with Crippen LogP contribution in [-0.2, 0) is 0 Å². The summed E-state index contributed by atoms with van der Waals surface area (Å²) in [6, 6.07) is 7.09. The lowest BCUT2D eigenvalue weighted by molar-refractivity contribution is 0.584. The van der Waals surface area contributed by atoms with Crippen molar-refractivity contribution in [1.29, 1.82) is 10.5 Å². The van der Waals surface area contributed by atoms with Gasteiger partial charge in [0, 0.05) is 11.6 Å². The topological polar surface area (TPSA) is 73.6 Å². The summed E-state index contributed by atoms with van der Waals surface area (Å²) in [5.41, 5.74) is 6.07. The number of nitrogens with two attached hydrogens (primary N) is 1. The van der Waals surface area contributed by atoms with Crippen LogP contribution in [0.5, 0.6) is 0 Å². The lowest BCUT2D eigenvalue weighted by atomic mass is 10.0. The van der Waals surface area contributed by atoms with E-state index in [-0.39, 0.29) is 17.5 Å². The molecule has 0 spiro atoms. The van der Waals surface area contributed by atoms with Gasteiger partial charge in [-0.15, -0.1) is 0 Å². The molecule has 1 unspecified atom stereocenters. The molecule has 0 aliphatic rings. The van der Waals surface area contributed by atoms with Gasteiger partial charge in [0.1, 0.15) is 5.82 Å². The molecule has 1 atom stereocenters. The molecule has 14 heavy (non-hydrogen) atoms. The summed E-state index contributed by atoms with van der Waals surface area (Å²) in [5.74, 6) is -0.535. The largest absolute Gasteiger partial charge is 0.323 e. The lowest BCUT2D eigenvalue weighted by Crippen LogP contribution is -2.11. The first-order valence-corrected chi connectivity index (χ1v) is 4.01. The maximum atomic E-state index is 13.3. The summed E-state index contributed by atoms with van der Waals surface area (Å²) in [4.78, 5) is 0. The van der Waals surface area contributed by atoms with E-state index in [1.165, 1.54) is 12.1 Å². The molecule has 2 N–H and O–H groups in total. The highest BCUT2D eigenvalue weighted by Crippen LogP contribution is 2.18. The van der Waals surface area contributed by atoms with E-state index in [0.717, 1.165) is 6.07 Å². The average molecular weight is 189 g/mol. The quantitative estimate of drug-likeness (QED) is 0.768. The van der Waals surface area contributed by atoms with Crippen molar-refractivity contribution in [3.63, 3.8) is 0 Å². The number of benzene rings is 1. The standard InChI is InChI=1S/C10H8FN3/c11-9-5-7(6-13)1-2-8(9)10(14)3-4-12/h1-2,5,10H,3,14H2. The molecule has 0 heterocycles. The van der Waals surface area contributed by atoms with E-state index in [1.807, 2.05) is 12.1 Å². The Hall–Kier alpha value is -1.91. The van der Waals surface area contributed by atoms with Gasteiger partial charge < -0.3 is 5.73 Å². The van der Waals surface area contributed by atoms with E-state index in [2.05, 4.69) is 0 Å². The third kappa shape index (κ3) is 2.07. The van der Waals surface area contributed by atoms with Gasteiger partial charge in [-0.05, 0) is 12.1 Å². The Bertz CT molecular complexity index is 414. The fourth-order valence-corrected chi connectivity index (χ4v) is 1.11. The highest BCUT2D eigenvalue weighted by atomic mass is 19.1. The normalized spacial score (nSPS) is 11.4. The smallest absolute Gasteiger partial charge is 0.129 e. The van der Waals surface area contributed by atoms with Gasteiger partial charge in [0.15, 0.2) is 0 Å². The van der Waals surface area contributed by atoms with Gasteiger partial charge in [-0.2, -0.15) is 10.5 Å². The molecule has 0 amide bonds. The zero-order valence-corrected chi connectivity index (χ0v) is 7.37. The summed E-state index contributed by atoms with van der Waals surface area (Å²) in [6.07, 6.45) is 0.0584. The molecule has 0 aromatic heterocycles. The second kappa shape index (κ2) is 4.36. The van der Waals surface area contributed by atoms with Crippen molar-refractivity contribution in [3.8, 4) is 12.1 Å². The fraction of sp³-hybridized carbons (Fsp3) is 0.200. The van der Waals surface area contributed by atoms with Crippen LogP contribution in [0.3, 0.4) is 0 Å². The summed E-state index contributed by atoms with van der Waals surface area (Å²) in [7, 11) is 0. The molecule has 0 aliphatic carbocycles. The number of nitrogens with zero attached hydrogens (tertiary/aromatic N) is 2. The average Bonchev–Trinajstić information content (AvgIpc) is 2.17. The molecule has 0 bridgehead atoms. The molecular formula is C10H8FN3. The maximum absolute atomic E-state index is 13.3. The van der Waals surface area contributed by atoms with Crippen LogP contribution in [0.2, 0.25) is 0 Å². The number of hydrogen-bond donors (Lipinski definition) is 1. The van der Waals surface area contributed by atoms with Crippen LogP contribution in [0.1, 0.15) is 23.6 Å². The van der Waals surface area contributed by atoms with Crippen molar-refractivity contribution in [3.05, 3.63) is 35.1 Å². The van der Waals surface area contributed by atoms with E-state index in [4.69, 9.17) is 16.3 Å². The lowest BCUT2D eigenvalue weighted by Gasteiger charge is -2.08. The minimum Gasteiger partial charge on any atom is -0.323 e. The Morgan fingerprint density at radius 2 is 2.14 bits per heavy atom. The van der Waals surface area contributed by atoms with E-state index >= 15 is 0 Å². The second-order valence-corrected chi connectivity index (χ2v) is 2.82. The van der Waals surface area contributed by atoms with Gasteiger partial charge in [-0.25, -0.2) is 4.39 Å². The Balaban J connectivity index is 3.02. The van der Waals surface area contributed by atoms with Crippen LogP contribution in [0.15, 0.2) is 18.2 Å². The van der Waals surface area contributed by atoms with Gasteiger partial charge in [-0.3, -0.25) is 0 Å². The highest BCUT2D eigenvalue weighted by Gasteiger charge is 2.11. The van der Waals surface area contributed by atoms with E-state index in [1.54, 1.807) is 0 Å². The van der Waals surface area contributed by atoms with Crippen molar-refractivity contribution in [2.75, 3.05) is 0 Å².